The van der Waals surface area contributed by atoms with Crippen molar-refractivity contribution in [3.8, 4) is 6.01 Å². The van der Waals surface area contributed by atoms with Crippen LogP contribution in [0.1, 0.15) is 25.0 Å². The molecule has 1 atom stereocenters. The molecule has 1 aliphatic rings. The van der Waals surface area contributed by atoms with Gasteiger partial charge in [-0.25, -0.2) is 9.97 Å². The summed E-state index contributed by atoms with van der Waals surface area (Å²) >= 11 is 0. The van der Waals surface area contributed by atoms with E-state index in [0.29, 0.717) is 6.01 Å². The highest BCUT2D eigenvalue weighted by Gasteiger charge is 2.18. The first kappa shape index (κ1) is 15.9. The molecular formula is C16H25N3O2. The Kier molecular flexibility index (Phi) is 6.63. The Morgan fingerprint density at radius 1 is 1.48 bits per heavy atom. The molecule has 0 radical (unpaired) electrons. The molecule has 1 fully saturated rings. The molecule has 0 aromatic carbocycles. The topological polar surface area (TPSA) is 47.5 Å². The van der Waals surface area contributed by atoms with Gasteiger partial charge in [-0.2, -0.15) is 0 Å². The van der Waals surface area contributed by atoms with E-state index >= 15 is 0 Å². The van der Waals surface area contributed by atoms with E-state index in [1.54, 1.807) is 6.20 Å². The van der Waals surface area contributed by atoms with Gasteiger partial charge in [-0.1, -0.05) is 6.08 Å². The zero-order chi connectivity index (χ0) is 14.9. The second kappa shape index (κ2) is 8.74. The van der Waals surface area contributed by atoms with Gasteiger partial charge in [0.1, 0.15) is 6.10 Å². The van der Waals surface area contributed by atoms with Crippen molar-refractivity contribution in [1.29, 1.82) is 0 Å². The van der Waals surface area contributed by atoms with Gasteiger partial charge in [0.05, 0.1) is 6.61 Å². The molecule has 0 N–H and O–H groups in total. The van der Waals surface area contributed by atoms with Crippen LogP contribution < -0.4 is 4.74 Å². The average molecular weight is 291 g/mol. The van der Waals surface area contributed by atoms with E-state index in [1.165, 1.54) is 0 Å². The maximum Gasteiger partial charge on any atom is 0.316 e. The van der Waals surface area contributed by atoms with Crippen molar-refractivity contribution in [3.63, 3.8) is 0 Å². The summed E-state index contributed by atoms with van der Waals surface area (Å²) in [6.45, 7) is 10.3. The molecule has 1 saturated heterocycles. The predicted octanol–water partition coefficient (Wildman–Crippen LogP) is 2.22. The van der Waals surface area contributed by atoms with Gasteiger partial charge in [0.15, 0.2) is 0 Å². The Morgan fingerprint density at radius 2 is 2.38 bits per heavy atom. The number of rotatable bonds is 7. The Labute approximate surface area is 127 Å². The van der Waals surface area contributed by atoms with Crippen LogP contribution in [0.5, 0.6) is 6.01 Å². The van der Waals surface area contributed by atoms with Gasteiger partial charge in [0.2, 0.25) is 0 Å². The molecule has 1 aromatic rings. The lowest BCUT2D eigenvalue weighted by Crippen LogP contribution is -2.37. The number of ether oxygens (including phenoxy) is 2. The van der Waals surface area contributed by atoms with Gasteiger partial charge in [0.25, 0.3) is 0 Å². The van der Waals surface area contributed by atoms with Crippen molar-refractivity contribution in [2.75, 3.05) is 32.8 Å². The van der Waals surface area contributed by atoms with Crippen LogP contribution in [-0.4, -0.2) is 53.8 Å². The van der Waals surface area contributed by atoms with Gasteiger partial charge < -0.3 is 9.47 Å². The number of aromatic nitrogens is 2. The minimum atomic E-state index is 0.0860. The Morgan fingerprint density at radius 3 is 3.19 bits per heavy atom. The molecular weight excluding hydrogens is 266 g/mol. The van der Waals surface area contributed by atoms with Crippen LogP contribution in [0.25, 0.3) is 0 Å². The van der Waals surface area contributed by atoms with E-state index in [2.05, 4.69) is 21.4 Å². The Bertz CT molecular complexity index is 431. The summed E-state index contributed by atoms with van der Waals surface area (Å²) in [4.78, 5) is 10.9. The summed E-state index contributed by atoms with van der Waals surface area (Å²) in [5.41, 5.74) is 0.922. The molecule has 5 heteroatoms. The molecule has 21 heavy (non-hydrogen) atoms. The van der Waals surface area contributed by atoms with Gasteiger partial charge >= 0.3 is 6.01 Å². The maximum absolute atomic E-state index is 5.99. The fourth-order valence-corrected chi connectivity index (χ4v) is 2.39. The van der Waals surface area contributed by atoms with Crippen molar-refractivity contribution in [3.05, 3.63) is 30.6 Å². The van der Waals surface area contributed by atoms with Crippen LogP contribution in [0.15, 0.2) is 24.9 Å². The minimum Gasteiger partial charge on any atom is -0.459 e. The van der Waals surface area contributed by atoms with Crippen LogP contribution >= 0.6 is 0 Å². The van der Waals surface area contributed by atoms with Crippen LogP contribution in [0.4, 0.5) is 0 Å². The molecule has 1 aromatic heterocycles. The van der Waals surface area contributed by atoms with Crippen LogP contribution in [0.2, 0.25) is 0 Å². The lowest BCUT2D eigenvalue weighted by molar-refractivity contribution is 0.106. The first-order valence-corrected chi connectivity index (χ1v) is 7.65. The number of hydrogen-bond donors (Lipinski definition) is 0. The Balaban J connectivity index is 1.94. The molecule has 0 bridgehead atoms. The summed E-state index contributed by atoms with van der Waals surface area (Å²) in [5.74, 6) is 0. The normalized spacial score (nSPS) is 18.0. The van der Waals surface area contributed by atoms with Crippen molar-refractivity contribution in [2.45, 2.75) is 32.3 Å². The third-order valence-corrected chi connectivity index (χ3v) is 3.51. The fraction of sp³-hybridized carbons (Fsp3) is 0.625. The first-order chi connectivity index (χ1) is 10.3. The van der Waals surface area contributed by atoms with E-state index in [1.807, 2.05) is 19.1 Å². The van der Waals surface area contributed by atoms with E-state index in [9.17, 15) is 0 Å². The highest BCUT2D eigenvalue weighted by atomic mass is 16.5. The molecule has 0 amide bonds. The van der Waals surface area contributed by atoms with E-state index in [4.69, 9.17) is 9.47 Å². The molecule has 0 spiro atoms. The molecule has 5 nitrogen and oxygen atoms in total. The van der Waals surface area contributed by atoms with Gasteiger partial charge in [-0.3, -0.25) is 4.90 Å². The summed E-state index contributed by atoms with van der Waals surface area (Å²) in [6, 6.07) is 2.34. The number of allylic oxidation sites excluding steroid dienone is 1. The lowest BCUT2D eigenvalue weighted by Gasteiger charge is -2.25. The summed E-state index contributed by atoms with van der Waals surface area (Å²) < 4.78 is 11.5. The smallest absolute Gasteiger partial charge is 0.316 e. The van der Waals surface area contributed by atoms with Crippen LogP contribution in [0, 0.1) is 6.92 Å². The highest BCUT2D eigenvalue weighted by Crippen LogP contribution is 2.12. The van der Waals surface area contributed by atoms with E-state index in [0.717, 1.165) is 57.8 Å². The van der Waals surface area contributed by atoms with Crippen molar-refractivity contribution in [1.82, 2.24) is 14.9 Å². The fourth-order valence-electron chi connectivity index (χ4n) is 2.39. The Hall–Kier alpha value is -1.46. The molecule has 0 aliphatic carbocycles. The summed E-state index contributed by atoms with van der Waals surface area (Å²) in [5, 5.41) is 0. The van der Waals surface area contributed by atoms with Gasteiger partial charge in [-0.15, -0.1) is 6.58 Å². The molecule has 2 heterocycles. The van der Waals surface area contributed by atoms with E-state index < -0.39 is 0 Å². The monoisotopic (exact) mass is 291 g/mol. The van der Waals surface area contributed by atoms with Crippen LogP contribution in [-0.2, 0) is 4.74 Å². The second-order valence-electron chi connectivity index (χ2n) is 5.35. The zero-order valence-corrected chi connectivity index (χ0v) is 12.8. The van der Waals surface area contributed by atoms with E-state index in [-0.39, 0.29) is 6.10 Å². The third kappa shape index (κ3) is 5.81. The largest absolute Gasteiger partial charge is 0.459 e. The van der Waals surface area contributed by atoms with Crippen LogP contribution in [0.3, 0.4) is 0 Å². The third-order valence-electron chi connectivity index (χ3n) is 3.51. The predicted molar refractivity (Wildman–Crippen MR) is 82.5 cm³/mol. The standard InChI is InChI=1S/C16H25N3O2/c1-3-4-6-15(13-19-9-5-11-20-12-10-19)21-16-17-8-7-14(2)18-16/h3,7-8,15H,1,4-6,9-13H2,2H3. The first-order valence-electron chi connectivity index (χ1n) is 7.65. The second-order valence-corrected chi connectivity index (χ2v) is 5.35. The molecule has 116 valence electrons. The number of nitrogens with zero attached hydrogens (tertiary/aromatic N) is 3. The molecule has 1 aliphatic heterocycles. The lowest BCUT2D eigenvalue weighted by atomic mass is 10.2. The van der Waals surface area contributed by atoms with Gasteiger partial charge in [0, 0.05) is 38.1 Å². The number of aryl methyl sites for hydroxylation is 1. The quantitative estimate of drug-likeness (QED) is 0.721. The molecule has 1 unspecified atom stereocenters. The number of hydrogen-bond acceptors (Lipinski definition) is 5. The SMILES string of the molecule is C=CCCC(CN1CCCOCC1)Oc1nccc(C)n1. The van der Waals surface area contributed by atoms with Gasteiger partial charge in [-0.05, 0) is 32.3 Å². The average Bonchev–Trinajstić information content (AvgIpc) is 2.73. The van der Waals surface area contributed by atoms with Crippen molar-refractivity contribution >= 4 is 0 Å². The van der Waals surface area contributed by atoms with Crippen molar-refractivity contribution in [2.24, 2.45) is 0 Å². The van der Waals surface area contributed by atoms with Crippen molar-refractivity contribution < 1.29 is 9.47 Å². The molecule has 2 rings (SSSR count). The minimum absolute atomic E-state index is 0.0860. The zero-order valence-electron chi connectivity index (χ0n) is 12.8. The summed E-state index contributed by atoms with van der Waals surface area (Å²) in [6.07, 6.45) is 6.69. The highest BCUT2D eigenvalue weighted by molar-refractivity contribution is 5.03. The summed E-state index contributed by atoms with van der Waals surface area (Å²) in [7, 11) is 0. The maximum atomic E-state index is 5.99. The molecule has 0 saturated carbocycles.